The van der Waals surface area contributed by atoms with Crippen molar-refractivity contribution in [2.24, 2.45) is 0 Å². The Morgan fingerprint density at radius 3 is 2.64 bits per heavy atom. The van der Waals surface area contributed by atoms with E-state index in [0.29, 0.717) is 18.2 Å². The van der Waals surface area contributed by atoms with E-state index in [9.17, 15) is 0 Å². The van der Waals surface area contributed by atoms with Crippen molar-refractivity contribution < 1.29 is 9.47 Å². The Morgan fingerprint density at radius 1 is 1.14 bits per heavy atom. The van der Waals surface area contributed by atoms with E-state index in [2.05, 4.69) is 14.8 Å². The quantitative estimate of drug-likeness (QED) is 0.517. The minimum absolute atomic E-state index is 0.677. The lowest BCUT2D eigenvalue weighted by atomic mass is 10.2. The first kappa shape index (κ1) is 17.3. The molecule has 0 aliphatic carbocycles. The Morgan fingerprint density at radius 2 is 1.91 bits per heavy atom. The summed E-state index contributed by atoms with van der Waals surface area (Å²) in [5, 5.41) is 10.2. The fraction of sp³-hybridized carbons (Fsp3) is 0.467. The van der Waals surface area contributed by atoms with Gasteiger partial charge < -0.3 is 14.0 Å². The molecule has 0 saturated heterocycles. The van der Waals surface area contributed by atoms with Gasteiger partial charge in [0.05, 0.1) is 11.6 Å². The number of benzene rings is 1. The van der Waals surface area contributed by atoms with E-state index in [1.807, 2.05) is 24.3 Å². The molecule has 22 heavy (non-hydrogen) atoms. The molecule has 120 valence electrons. The fourth-order valence-corrected chi connectivity index (χ4v) is 3.11. The average Bonchev–Trinajstić information content (AvgIpc) is 2.91. The van der Waals surface area contributed by atoms with Crippen LogP contribution in [0.4, 0.5) is 0 Å². The van der Waals surface area contributed by atoms with Gasteiger partial charge in [0.1, 0.15) is 0 Å². The molecule has 1 aromatic heterocycles. The number of ether oxygens (including phenoxy) is 2. The van der Waals surface area contributed by atoms with Crippen molar-refractivity contribution in [3.63, 3.8) is 0 Å². The van der Waals surface area contributed by atoms with Crippen molar-refractivity contribution in [3.8, 4) is 11.4 Å². The zero-order valence-electron chi connectivity index (χ0n) is 12.8. The number of hydrogen-bond donors (Lipinski definition) is 0. The lowest BCUT2D eigenvalue weighted by molar-refractivity contribution is 0.189. The van der Waals surface area contributed by atoms with Crippen LogP contribution >= 0.6 is 23.4 Å². The molecule has 0 spiro atoms. The summed E-state index contributed by atoms with van der Waals surface area (Å²) in [5.41, 5.74) is 0.896. The van der Waals surface area contributed by atoms with Crippen LogP contribution in [-0.2, 0) is 16.0 Å². The van der Waals surface area contributed by atoms with Crippen LogP contribution in [0.25, 0.3) is 11.4 Å². The van der Waals surface area contributed by atoms with Gasteiger partial charge in [0, 0.05) is 38.7 Å². The highest BCUT2D eigenvalue weighted by molar-refractivity contribution is 7.99. The fourth-order valence-electron chi connectivity index (χ4n) is 2.02. The largest absolute Gasteiger partial charge is 0.385 e. The molecule has 0 N–H and O–H groups in total. The van der Waals surface area contributed by atoms with Gasteiger partial charge in [0.25, 0.3) is 0 Å². The first-order valence-corrected chi connectivity index (χ1v) is 8.43. The lowest BCUT2D eigenvalue weighted by Gasteiger charge is -2.10. The number of aromatic nitrogens is 3. The third-order valence-electron chi connectivity index (χ3n) is 3.08. The Kier molecular flexibility index (Phi) is 7.18. The van der Waals surface area contributed by atoms with Crippen LogP contribution in [0.5, 0.6) is 0 Å². The summed E-state index contributed by atoms with van der Waals surface area (Å²) in [6, 6.07) is 7.68. The van der Waals surface area contributed by atoms with Crippen LogP contribution in [0.1, 0.15) is 6.42 Å². The normalized spacial score (nSPS) is 11.0. The highest BCUT2D eigenvalue weighted by Gasteiger charge is 2.16. The molecule has 0 radical (unpaired) electrons. The number of nitrogens with zero attached hydrogens (tertiary/aromatic N) is 3. The lowest BCUT2D eigenvalue weighted by Crippen LogP contribution is -2.06. The van der Waals surface area contributed by atoms with Crippen LogP contribution in [-0.4, -0.2) is 48.0 Å². The van der Waals surface area contributed by atoms with Crippen molar-refractivity contribution >= 4 is 23.4 Å². The van der Waals surface area contributed by atoms with Gasteiger partial charge in [-0.2, -0.15) is 0 Å². The second-order valence-corrected chi connectivity index (χ2v) is 6.09. The topological polar surface area (TPSA) is 49.2 Å². The molecule has 2 aromatic rings. The number of thioether (sulfide) groups is 1. The van der Waals surface area contributed by atoms with Crippen LogP contribution in [0.2, 0.25) is 5.02 Å². The molecular formula is C15H20ClN3O2S. The summed E-state index contributed by atoms with van der Waals surface area (Å²) in [6.07, 6.45) is 0.893. The van der Waals surface area contributed by atoms with E-state index in [0.717, 1.165) is 35.3 Å². The van der Waals surface area contributed by atoms with Crippen molar-refractivity contribution in [2.45, 2.75) is 18.1 Å². The maximum absolute atomic E-state index is 6.30. The summed E-state index contributed by atoms with van der Waals surface area (Å²) in [4.78, 5) is 0. The molecule has 0 unspecified atom stereocenters. The molecule has 1 aromatic carbocycles. The number of methoxy groups -OCH3 is 2. The molecule has 0 amide bonds. The Labute approximate surface area is 140 Å². The molecule has 0 saturated carbocycles. The second kappa shape index (κ2) is 9.15. The molecule has 1 heterocycles. The van der Waals surface area contributed by atoms with Crippen molar-refractivity contribution in [3.05, 3.63) is 29.3 Å². The zero-order chi connectivity index (χ0) is 15.8. The van der Waals surface area contributed by atoms with Gasteiger partial charge in [0.2, 0.25) is 0 Å². The van der Waals surface area contributed by atoms with E-state index in [1.54, 1.807) is 26.0 Å². The highest BCUT2D eigenvalue weighted by atomic mass is 35.5. The van der Waals surface area contributed by atoms with E-state index in [1.165, 1.54) is 0 Å². The summed E-state index contributed by atoms with van der Waals surface area (Å²) in [7, 11) is 3.40. The molecule has 0 fully saturated rings. The monoisotopic (exact) mass is 341 g/mol. The average molecular weight is 342 g/mol. The Hall–Kier alpha value is -1.08. The van der Waals surface area contributed by atoms with Gasteiger partial charge >= 0.3 is 0 Å². The van der Waals surface area contributed by atoms with Crippen LogP contribution < -0.4 is 0 Å². The first-order valence-electron chi connectivity index (χ1n) is 7.06. The maximum Gasteiger partial charge on any atom is 0.191 e. The molecule has 0 aliphatic rings. The first-order chi connectivity index (χ1) is 10.8. The van der Waals surface area contributed by atoms with Crippen molar-refractivity contribution in [2.75, 3.05) is 33.2 Å². The molecule has 0 aliphatic heterocycles. The van der Waals surface area contributed by atoms with Gasteiger partial charge in [-0.15, -0.1) is 10.2 Å². The summed E-state index contributed by atoms with van der Waals surface area (Å²) in [5.74, 6) is 1.63. The SMILES string of the molecule is COCCCn1c(SCCOC)nnc1-c1ccccc1Cl. The summed E-state index contributed by atoms with van der Waals surface area (Å²) >= 11 is 7.93. The molecule has 7 heteroatoms. The maximum atomic E-state index is 6.30. The Balaban J connectivity index is 2.26. The van der Waals surface area contributed by atoms with E-state index < -0.39 is 0 Å². The number of hydrogen-bond acceptors (Lipinski definition) is 5. The van der Waals surface area contributed by atoms with Gasteiger partial charge in [-0.3, -0.25) is 0 Å². The molecular weight excluding hydrogens is 322 g/mol. The van der Waals surface area contributed by atoms with Gasteiger partial charge in [0.15, 0.2) is 11.0 Å². The molecule has 5 nitrogen and oxygen atoms in total. The summed E-state index contributed by atoms with van der Waals surface area (Å²) in [6.45, 7) is 2.16. The Bertz CT molecular complexity index is 592. The smallest absolute Gasteiger partial charge is 0.191 e. The third kappa shape index (κ3) is 4.46. The molecule has 0 atom stereocenters. The zero-order valence-corrected chi connectivity index (χ0v) is 14.4. The standard InChI is InChI=1S/C15H20ClN3O2S/c1-20-9-5-8-19-14(12-6-3-4-7-13(12)16)17-18-15(19)22-11-10-21-2/h3-4,6-7H,5,8-11H2,1-2H3. The third-order valence-corrected chi connectivity index (χ3v) is 4.34. The van der Waals surface area contributed by atoms with E-state index >= 15 is 0 Å². The van der Waals surface area contributed by atoms with E-state index in [-0.39, 0.29) is 0 Å². The van der Waals surface area contributed by atoms with Crippen LogP contribution in [0.3, 0.4) is 0 Å². The number of halogens is 1. The van der Waals surface area contributed by atoms with Crippen LogP contribution in [0, 0.1) is 0 Å². The second-order valence-electron chi connectivity index (χ2n) is 4.63. The number of rotatable bonds is 9. The minimum atomic E-state index is 0.677. The molecule has 0 bridgehead atoms. The van der Waals surface area contributed by atoms with Crippen molar-refractivity contribution in [1.82, 2.24) is 14.8 Å². The van der Waals surface area contributed by atoms with Gasteiger partial charge in [-0.05, 0) is 18.6 Å². The molecule has 2 rings (SSSR count). The summed E-state index contributed by atoms with van der Waals surface area (Å²) < 4.78 is 12.3. The van der Waals surface area contributed by atoms with E-state index in [4.69, 9.17) is 21.1 Å². The minimum Gasteiger partial charge on any atom is -0.385 e. The van der Waals surface area contributed by atoms with Gasteiger partial charge in [-0.1, -0.05) is 35.5 Å². The van der Waals surface area contributed by atoms with Crippen molar-refractivity contribution in [1.29, 1.82) is 0 Å². The van der Waals surface area contributed by atoms with Crippen LogP contribution in [0.15, 0.2) is 29.4 Å². The predicted octanol–water partition coefficient (Wildman–Crippen LogP) is 3.37. The van der Waals surface area contributed by atoms with Gasteiger partial charge in [-0.25, -0.2) is 0 Å². The highest BCUT2D eigenvalue weighted by Crippen LogP contribution is 2.29. The predicted molar refractivity (Wildman–Crippen MR) is 89.6 cm³/mol.